The third-order valence-electron chi connectivity index (χ3n) is 2.85. The van der Waals surface area contributed by atoms with Crippen molar-refractivity contribution in [3.8, 4) is 0 Å². The van der Waals surface area contributed by atoms with Crippen LogP contribution in [0.3, 0.4) is 0 Å². The van der Waals surface area contributed by atoms with Crippen LogP contribution >= 0.6 is 0 Å². The first kappa shape index (κ1) is 11.3. The van der Waals surface area contributed by atoms with Gasteiger partial charge in [-0.15, -0.1) is 0 Å². The topological polar surface area (TPSA) is 93.8 Å². The van der Waals surface area contributed by atoms with Crippen molar-refractivity contribution in [2.75, 3.05) is 5.32 Å². The first-order valence-corrected chi connectivity index (χ1v) is 5.82. The fourth-order valence-electron chi connectivity index (χ4n) is 1.96. The van der Waals surface area contributed by atoms with Gasteiger partial charge < -0.3 is 20.4 Å². The van der Waals surface area contributed by atoms with Crippen molar-refractivity contribution in [2.45, 2.75) is 6.54 Å². The van der Waals surface area contributed by atoms with Crippen LogP contribution in [0.2, 0.25) is 0 Å². The van der Waals surface area contributed by atoms with Crippen molar-refractivity contribution < 1.29 is 9.90 Å². The van der Waals surface area contributed by atoms with Crippen LogP contribution < -0.4 is 5.32 Å². The lowest BCUT2D eigenvalue weighted by Crippen LogP contribution is -2.06. The first-order valence-electron chi connectivity index (χ1n) is 5.82. The largest absolute Gasteiger partial charge is 0.477 e. The number of carbonyl (C=O) groups is 1. The standard InChI is InChI=1S/C13H12N4O2/c18-13(19)12-10(5-6-14-12)15-7-11-16-8-3-1-2-4-9(8)17-11/h1-6,14-15H,7H2,(H,16,17)(H,18,19). The lowest BCUT2D eigenvalue weighted by atomic mass is 10.3. The van der Waals surface area contributed by atoms with Gasteiger partial charge >= 0.3 is 5.97 Å². The van der Waals surface area contributed by atoms with Crippen LogP contribution in [-0.2, 0) is 6.54 Å². The van der Waals surface area contributed by atoms with Gasteiger partial charge in [0, 0.05) is 6.20 Å². The number of para-hydroxylation sites is 2. The number of H-pyrrole nitrogens is 2. The minimum absolute atomic E-state index is 0.149. The Hall–Kier alpha value is -2.76. The Labute approximate surface area is 108 Å². The van der Waals surface area contributed by atoms with Gasteiger partial charge in [0.05, 0.1) is 23.3 Å². The van der Waals surface area contributed by atoms with E-state index in [1.54, 1.807) is 12.3 Å². The molecular weight excluding hydrogens is 244 g/mol. The Kier molecular flexibility index (Phi) is 2.68. The molecule has 0 atom stereocenters. The lowest BCUT2D eigenvalue weighted by Gasteiger charge is -2.02. The van der Waals surface area contributed by atoms with Crippen molar-refractivity contribution in [1.82, 2.24) is 15.0 Å². The van der Waals surface area contributed by atoms with Gasteiger partial charge in [0.1, 0.15) is 11.5 Å². The fraction of sp³-hybridized carbons (Fsp3) is 0.0769. The van der Waals surface area contributed by atoms with E-state index in [1.807, 2.05) is 24.3 Å². The van der Waals surface area contributed by atoms with Crippen LogP contribution in [-0.4, -0.2) is 26.0 Å². The summed E-state index contributed by atoms with van der Waals surface area (Å²) in [5, 5.41) is 12.0. The van der Waals surface area contributed by atoms with E-state index in [2.05, 4.69) is 20.3 Å². The third kappa shape index (κ3) is 2.15. The molecule has 0 fully saturated rings. The van der Waals surface area contributed by atoms with Gasteiger partial charge in [-0.05, 0) is 18.2 Å². The number of carboxylic acid groups (broad SMARTS) is 1. The summed E-state index contributed by atoms with van der Waals surface area (Å²) >= 11 is 0. The molecule has 3 rings (SSSR count). The Bertz CT molecular complexity index is 696. The van der Waals surface area contributed by atoms with Gasteiger partial charge in [-0.25, -0.2) is 9.78 Å². The number of aromatic nitrogens is 3. The second-order valence-corrected chi connectivity index (χ2v) is 4.13. The van der Waals surface area contributed by atoms with E-state index >= 15 is 0 Å². The van der Waals surface area contributed by atoms with Gasteiger partial charge in [-0.3, -0.25) is 0 Å². The van der Waals surface area contributed by atoms with E-state index in [0.717, 1.165) is 16.9 Å². The van der Waals surface area contributed by atoms with Crippen molar-refractivity contribution in [1.29, 1.82) is 0 Å². The molecule has 0 aliphatic carbocycles. The second kappa shape index (κ2) is 4.49. The average molecular weight is 256 g/mol. The number of nitrogens with zero attached hydrogens (tertiary/aromatic N) is 1. The number of aromatic amines is 2. The maximum absolute atomic E-state index is 10.9. The zero-order valence-electron chi connectivity index (χ0n) is 9.97. The molecule has 2 heterocycles. The number of rotatable bonds is 4. The van der Waals surface area contributed by atoms with Crippen LogP contribution in [0.25, 0.3) is 11.0 Å². The predicted octanol–water partition coefficient (Wildman–Crippen LogP) is 2.20. The van der Waals surface area contributed by atoms with E-state index in [-0.39, 0.29) is 5.69 Å². The second-order valence-electron chi connectivity index (χ2n) is 4.13. The fourth-order valence-corrected chi connectivity index (χ4v) is 1.96. The molecule has 0 amide bonds. The third-order valence-corrected chi connectivity index (χ3v) is 2.85. The number of benzene rings is 1. The minimum Gasteiger partial charge on any atom is -0.477 e. The molecule has 2 aromatic heterocycles. The summed E-state index contributed by atoms with van der Waals surface area (Å²) in [6.45, 7) is 0.437. The predicted molar refractivity (Wildman–Crippen MR) is 71.2 cm³/mol. The molecule has 1 aromatic carbocycles. The van der Waals surface area contributed by atoms with Crippen LogP contribution in [0.1, 0.15) is 16.3 Å². The van der Waals surface area contributed by atoms with Crippen LogP contribution in [0, 0.1) is 0 Å². The van der Waals surface area contributed by atoms with Gasteiger partial charge in [0.2, 0.25) is 0 Å². The zero-order chi connectivity index (χ0) is 13.2. The van der Waals surface area contributed by atoms with E-state index in [0.29, 0.717) is 12.2 Å². The molecule has 0 radical (unpaired) electrons. The molecule has 0 aliphatic heterocycles. The molecule has 0 bridgehead atoms. The van der Waals surface area contributed by atoms with Crippen LogP contribution in [0.15, 0.2) is 36.5 Å². The number of fused-ring (bicyclic) bond motifs is 1. The number of imidazole rings is 1. The number of carboxylic acids is 1. The summed E-state index contributed by atoms with van der Waals surface area (Å²) in [5.74, 6) is -0.226. The summed E-state index contributed by atoms with van der Waals surface area (Å²) in [7, 11) is 0. The quantitative estimate of drug-likeness (QED) is 0.575. The number of nitrogens with one attached hydrogen (secondary N) is 3. The maximum atomic E-state index is 10.9. The summed E-state index contributed by atoms with van der Waals surface area (Å²) < 4.78 is 0. The van der Waals surface area contributed by atoms with Crippen molar-refractivity contribution >= 4 is 22.7 Å². The molecule has 0 spiro atoms. The van der Waals surface area contributed by atoms with E-state index in [9.17, 15) is 4.79 Å². The molecule has 6 nitrogen and oxygen atoms in total. The van der Waals surface area contributed by atoms with E-state index < -0.39 is 5.97 Å². The number of aromatic carboxylic acids is 1. The molecule has 0 aliphatic rings. The van der Waals surface area contributed by atoms with Gasteiger partial charge in [-0.1, -0.05) is 12.1 Å². The summed E-state index contributed by atoms with van der Waals surface area (Å²) in [6.07, 6.45) is 1.59. The molecular formula is C13H12N4O2. The summed E-state index contributed by atoms with van der Waals surface area (Å²) in [5.41, 5.74) is 2.56. The number of anilines is 1. The van der Waals surface area contributed by atoms with Crippen molar-refractivity contribution in [3.63, 3.8) is 0 Å². The van der Waals surface area contributed by atoms with E-state index in [4.69, 9.17) is 5.11 Å². The highest BCUT2D eigenvalue weighted by Crippen LogP contribution is 2.15. The molecule has 4 N–H and O–H groups in total. The SMILES string of the molecule is O=C(O)c1[nH]ccc1NCc1nc2ccccc2[nH]1. The highest BCUT2D eigenvalue weighted by Gasteiger charge is 2.11. The Balaban J connectivity index is 1.78. The number of hydrogen-bond acceptors (Lipinski definition) is 3. The van der Waals surface area contributed by atoms with Crippen molar-refractivity contribution in [2.24, 2.45) is 0 Å². The Morgan fingerprint density at radius 1 is 1.32 bits per heavy atom. The van der Waals surface area contributed by atoms with Crippen LogP contribution in [0.5, 0.6) is 0 Å². The average Bonchev–Trinajstić information content (AvgIpc) is 3.02. The van der Waals surface area contributed by atoms with Crippen molar-refractivity contribution in [3.05, 3.63) is 48.0 Å². The normalized spacial score (nSPS) is 10.7. The molecule has 0 saturated heterocycles. The first-order chi connectivity index (χ1) is 9.24. The lowest BCUT2D eigenvalue weighted by molar-refractivity contribution is 0.0692. The van der Waals surface area contributed by atoms with Crippen LogP contribution in [0.4, 0.5) is 5.69 Å². The molecule has 19 heavy (non-hydrogen) atoms. The highest BCUT2D eigenvalue weighted by atomic mass is 16.4. The minimum atomic E-state index is -0.989. The molecule has 0 unspecified atom stereocenters. The molecule has 0 saturated carbocycles. The van der Waals surface area contributed by atoms with Gasteiger partial charge in [0.15, 0.2) is 0 Å². The summed E-state index contributed by atoms with van der Waals surface area (Å²) in [4.78, 5) is 21.2. The Morgan fingerprint density at radius 2 is 2.16 bits per heavy atom. The van der Waals surface area contributed by atoms with E-state index in [1.165, 1.54) is 0 Å². The molecule has 6 heteroatoms. The smallest absolute Gasteiger partial charge is 0.354 e. The number of hydrogen-bond donors (Lipinski definition) is 4. The van der Waals surface area contributed by atoms with Gasteiger partial charge in [0.25, 0.3) is 0 Å². The molecule has 3 aromatic rings. The Morgan fingerprint density at radius 3 is 2.95 bits per heavy atom. The zero-order valence-corrected chi connectivity index (χ0v) is 9.97. The molecule has 96 valence electrons. The highest BCUT2D eigenvalue weighted by molar-refractivity contribution is 5.92. The maximum Gasteiger partial charge on any atom is 0.354 e. The monoisotopic (exact) mass is 256 g/mol. The van der Waals surface area contributed by atoms with Gasteiger partial charge in [-0.2, -0.15) is 0 Å². The summed E-state index contributed by atoms with van der Waals surface area (Å²) in [6, 6.07) is 9.42.